The number of ether oxygens (including phenoxy) is 1. The van der Waals surface area contributed by atoms with Crippen molar-refractivity contribution in [3.05, 3.63) is 5.01 Å². The normalized spacial score (nSPS) is 12.4. The third kappa shape index (κ3) is 4.21. The van der Waals surface area contributed by atoms with Crippen molar-refractivity contribution in [1.29, 1.82) is 0 Å². The van der Waals surface area contributed by atoms with Gasteiger partial charge in [-0.1, -0.05) is 11.3 Å². The third-order valence-electron chi connectivity index (χ3n) is 1.96. The summed E-state index contributed by atoms with van der Waals surface area (Å²) >= 11 is 1.33. The molecule has 1 rings (SSSR count). The van der Waals surface area contributed by atoms with Gasteiger partial charge in [0.25, 0.3) is 0 Å². The van der Waals surface area contributed by atoms with Gasteiger partial charge in [-0.15, -0.1) is 10.2 Å². The highest BCUT2D eigenvalue weighted by Crippen LogP contribution is 2.13. The van der Waals surface area contributed by atoms with E-state index in [1.165, 1.54) is 11.3 Å². The predicted octanol–water partition coefficient (Wildman–Crippen LogP) is 0.539. The Kier molecular flexibility index (Phi) is 5.30. The number of aryl methyl sites for hydroxylation is 1. The van der Waals surface area contributed by atoms with Crippen molar-refractivity contribution in [3.63, 3.8) is 0 Å². The molecule has 0 aliphatic carbocycles. The monoisotopic (exact) mass is 244 g/mol. The van der Waals surface area contributed by atoms with Gasteiger partial charge in [0.2, 0.25) is 11.0 Å². The Labute approximate surface area is 98.2 Å². The van der Waals surface area contributed by atoms with Crippen molar-refractivity contribution >= 4 is 22.4 Å². The molecule has 0 aliphatic rings. The summed E-state index contributed by atoms with van der Waals surface area (Å²) in [6.07, 6.45) is 1.36. The Morgan fingerprint density at radius 1 is 1.62 bits per heavy atom. The molecular formula is C9H16N4O2S. The summed E-state index contributed by atoms with van der Waals surface area (Å²) in [4.78, 5) is 11.6. The number of nitrogens with zero attached hydrogens (tertiary/aromatic N) is 2. The molecule has 90 valence electrons. The van der Waals surface area contributed by atoms with Crippen LogP contribution in [0.15, 0.2) is 0 Å². The third-order valence-corrected chi connectivity index (χ3v) is 2.71. The number of nitrogens with one attached hydrogen (secondary N) is 1. The maximum atomic E-state index is 11.6. The average Bonchev–Trinajstić information content (AvgIpc) is 2.64. The molecule has 0 fully saturated rings. The minimum Gasteiger partial charge on any atom is -0.385 e. The van der Waals surface area contributed by atoms with Crippen molar-refractivity contribution in [1.82, 2.24) is 10.2 Å². The van der Waals surface area contributed by atoms with Gasteiger partial charge in [0.1, 0.15) is 5.01 Å². The summed E-state index contributed by atoms with van der Waals surface area (Å²) in [5.41, 5.74) is 5.70. The first-order valence-corrected chi connectivity index (χ1v) is 5.80. The maximum absolute atomic E-state index is 11.6. The van der Waals surface area contributed by atoms with Crippen LogP contribution in [0, 0.1) is 6.92 Å². The molecule has 7 heteroatoms. The van der Waals surface area contributed by atoms with Crippen LogP contribution >= 0.6 is 11.3 Å². The lowest BCUT2D eigenvalue weighted by Gasteiger charge is -2.09. The quantitative estimate of drug-likeness (QED) is 0.713. The Morgan fingerprint density at radius 2 is 2.38 bits per heavy atom. The van der Waals surface area contributed by atoms with Crippen molar-refractivity contribution in [2.24, 2.45) is 5.73 Å². The Hall–Kier alpha value is -1.05. The van der Waals surface area contributed by atoms with Gasteiger partial charge in [0.05, 0.1) is 6.04 Å². The van der Waals surface area contributed by atoms with Gasteiger partial charge in [-0.25, -0.2) is 0 Å². The Bertz CT molecular complexity index is 342. The fourth-order valence-electron chi connectivity index (χ4n) is 1.12. The van der Waals surface area contributed by atoms with E-state index in [0.717, 1.165) is 11.4 Å². The molecule has 0 radical (unpaired) electrons. The van der Waals surface area contributed by atoms with Crippen molar-refractivity contribution in [2.75, 3.05) is 19.0 Å². The molecule has 0 saturated carbocycles. The number of methoxy groups -OCH3 is 1. The first-order valence-electron chi connectivity index (χ1n) is 4.99. The number of hydrogen-bond acceptors (Lipinski definition) is 6. The molecule has 1 amide bonds. The Balaban J connectivity index is 2.34. The van der Waals surface area contributed by atoms with Gasteiger partial charge < -0.3 is 10.5 Å². The lowest BCUT2D eigenvalue weighted by molar-refractivity contribution is -0.117. The summed E-state index contributed by atoms with van der Waals surface area (Å²) in [5.74, 6) is -0.229. The SMILES string of the molecule is COCCCC(N)C(=O)Nc1nnc(C)s1. The van der Waals surface area contributed by atoms with Crippen LogP contribution in [0.5, 0.6) is 0 Å². The zero-order chi connectivity index (χ0) is 12.0. The van der Waals surface area contributed by atoms with Crippen molar-refractivity contribution < 1.29 is 9.53 Å². The van der Waals surface area contributed by atoms with E-state index in [1.54, 1.807) is 7.11 Å². The van der Waals surface area contributed by atoms with Crippen LogP contribution in [-0.4, -0.2) is 35.9 Å². The van der Waals surface area contributed by atoms with E-state index < -0.39 is 6.04 Å². The van der Waals surface area contributed by atoms with Crippen LogP contribution in [0.3, 0.4) is 0 Å². The number of nitrogens with two attached hydrogens (primary N) is 1. The minimum absolute atomic E-state index is 0.229. The second-order valence-corrected chi connectivity index (χ2v) is 4.54. The van der Waals surface area contributed by atoms with E-state index in [-0.39, 0.29) is 5.91 Å². The number of anilines is 1. The van der Waals surface area contributed by atoms with E-state index in [4.69, 9.17) is 10.5 Å². The number of amides is 1. The molecule has 1 aromatic heterocycles. The maximum Gasteiger partial charge on any atom is 0.243 e. The van der Waals surface area contributed by atoms with E-state index in [0.29, 0.717) is 18.2 Å². The first kappa shape index (κ1) is 13.0. The molecule has 0 bridgehead atoms. The Morgan fingerprint density at radius 3 is 2.94 bits per heavy atom. The molecule has 1 unspecified atom stereocenters. The van der Waals surface area contributed by atoms with Crippen LogP contribution in [0.1, 0.15) is 17.8 Å². The predicted molar refractivity (Wildman–Crippen MR) is 62.4 cm³/mol. The molecule has 1 heterocycles. The van der Waals surface area contributed by atoms with E-state index in [2.05, 4.69) is 15.5 Å². The van der Waals surface area contributed by atoms with Crippen LogP contribution in [0.25, 0.3) is 0 Å². The van der Waals surface area contributed by atoms with Gasteiger partial charge in [-0.2, -0.15) is 0 Å². The van der Waals surface area contributed by atoms with E-state index in [1.807, 2.05) is 6.92 Å². The molecule has 0 aromatic carbocycles. The number of aromatic nitrogens is 2. The molecule has 3 N–H and O–H groups in total. The van der Waals surface area contributed by atoms with Gasteiger partial charge >= 0.3 is 0 Å². The zero-order valence-electron chi connectivity index (χ0n) is 9.40. The molecule has 1 atom stereocenters. The average molecular weight is 244 g/mol. The molecule has 16 heavy (non-hydrogen) atoms. The molecule has 0 spiro atoms. The number of carbonyl (C=O) groups excluding carboxylic acids is 1. The topological polar surface area (TPSA) is 90.1 Å². The van der Waals surface area contributed by atoms with Gasteiger partial charge in [0, 0.05) is 13.7 Å². The second kappa shape index (κ2) is 6.51. The standard InChI is InChI=1S/C9H16N4O2S/c1-6-12-13-9(16-6)11-8(14)7(10)4-3-5-15-2/h7H,3-5,10H2,1-2H3,(H,11,13,14). The smallest absolute Gasteiger partial charge is 0.243 e. The van der Waals surface area contributed by atoms with Crippen molar-refractivity contribution in [3.8, 4) is 0 Å². The number of rotatable bonds is 6. The van der Waals surface area contributed by atoms with Gasteiger partial charge in [0.15, 0.2) is 0 Å². The molecular weight excluding hydrogens is 228 g/mol. The number of carbonyl (C=O) groups is 1. The fourth-order valence-corrected chi connectivity index (χ4v) is 1.72. The fraction of sp³-hybridized carbons (Fsp3) is 0.667. The van der Waals surface area contributed by atoms with Crippen LogP contribution in [0.2, 0.25) is 0 Å². The van der Waals surface area contributed by atoms with Gasteiger partial charge in [-0.3, -0.25) is 10.1 Å². The molecule has 6 nitrogen and oxygen atoms in total. The molecule has 1 aromatic rings. The molecule has 0 aliphatic heterocycles. The molecule has 0 saturated heterocycles. The first-order chi connectivity index (χ1) is 7.63. The highest BCUT2D eigenvalue weighted by Gasteiger charge is 2.14. The van der Waals surface area contributed by atoms with Gasteiger partial charge in [-0.05, 0) is 19.8 Å². The highest BCUT2D eigenvalue weighted by molar-refractivity contribution is 7.15. The highest BCUT2D eigenvalue weighted by atomic mass is 32.1. The summed E-state index contributed by atoms with van der Waals surface area (Å²) in [5, 5.41) is 11.5. The van der Waals surface area contributed by atoms with Crippen LogP contribution in [0.4, 0.5) is 5.13 Å². The lowest BCUT2D eigenvalue weighted by Crippen LogP contribution is -2.35. The zero-order valence-corrected chi connectivity index (χ0v) is 10.2. The summed E-state index contributed by atoms with van der Waals surface area (Å²) < 4.78 is 4.89. The summed E-state index contributed by atoms with van der Waals surface area (Å²) in [6, 6.07) is -0.528. The van der Waals surface area contributed by atoms with Crippen molar-refractivity contribution in [2.45, 2.75) is 25.8 Å². The largest absolute Gasteiger partial charge is 0.385 e. The second-order valence-electron chi connectivity index (χ2n) is 3.36. The van der Waals surface area contributed by atoms with Crippen LogP contribution in [-0.2, 0) is 9.53 Å². The number of hydrogen-bond donors (Lipinski definition) is 2. The summed E-state index contributed by atoms with van der Waals surface area (Å²) in [7, 11) is 1.62. The summed E-state index contributed by atoms with van der Waals surface area (Å²) in [6.45, 7) is 2.44. The van der Waals surface area contributed by atoms with E-state index in [9.17, 15) is 4.79 Å². The van der Waals surface area contributed by atoms with Crippen LogP contribution < -0.4 is 11.1 Å². The van der Waals surface area contributed by atoms with E-state index >= 15 is 0 Å². The lowest BCUT2D eigenvalue weighted by atomic mass is 10.1. The minimum atomic E-state index is -0.528.